The van der Waals surface area contributed by atoms with Crippen molar-refractivity contribution in [2.75, 3.05) is 6.61 Å². The predicted molar refractivity (Wildman–Crippen MR) is 20.8 cm³/mol. The van der Waals surface area contributed by atoms with Crippen LogP contribution in [0.4, 0.5) is 0 Å². The van der Waals surface area contributed by atoms with Gasteiger partial charge in [-0.2, -0.15) is 0 Å². The summed E-state index contributed by atoms with van der Waals surface area (Å²) >= 11 is 0. The maximum absolute atomic E-state index is 9.18. The van der Waals surface area contributed by atoms with E-state index in [1.807, 2.05) is 0 Å². The molecule has 0 saturated heterocycles. The summed E-state index contributed by atoms with van der Waals surface area (Å²) in [6.45, 7) is 3.00. The van der Waals surface area contributed by atoms with Crippen LogP contribution in [0.1, 0.15) is 0 Å². The zero-order chi connectivity index (χ0) is 3.41. The summed E-state index contributed by atoms with van der Waals surface area (Å²) in [5.41, 5.74) is 0. The van der Waals surface area contributed by atoms with E-state index in [0.29, 0.717) is 0 Å². The molecule has 0 unspecified atom stereocenters. The standard InChI is InChI=1S/C3H5O.ClH.Mg/c1-2-3-4;;/h2H,1,3H2;1H;/q-1;;+2/p-1. The van der Waals surface area contributed by atoms with Gasteiger partial charge in [-0.1, -0.05) is 0 Å². The van der Waals surface area contributed by atoms with Gasteiger partial charge in [0.15, 0.2) is 0 Å². The third-order valence-corrected chi connectivity index (χ3v) is 0.118. The summed E-state index contributed by atoms with van der Waals surface area (Å²) in [5.74, 6) is 0. The van der Waals surface area contributed by atoms with Gasteiger partial charge in [0.2, 0.25) is 0 Å². The Morgan fingerprint density at radius 3 is 1.83 bits per heavy atom. The molecule has 0 aromatic heterocycles. The number of hydrogen-bond donors (Lipinski definition) is 0. The van der Waals surface area contributed by atoms with E-state index in [2.05, 4.69) is 6.58 Å². The van der Waals surface area contributed by atoms with Gasteiger partial charge in [0.1, 0.15) is 0 Å². The Morgan fingerprint density at radius 2 is 1.83 bits per heavy atom. The Bertz CT molecular complexity index is 24.8. The largest absolute Gasteiger partial charge is 2.00 e. The molecule has 0 N–H and O–H groups in total. The van der Waals surface area contributed by atoms with E-state index in [-0.39, 0.29) is 42.1 Å². The van der Waals surface area contributed by atoms with E-state index < -0.39 is 0 Å². The monoisotopic (exact) mass is 116 g/mol. The van der Waals surface area contributed by atoms with Gasteiger partial charge >= 0.3 is 23.1 Å². The maximum Gasteiger partial charge on any atom is 2.00 e. The molecule has 0 aliphatic heterocycles. The van der Waals surface area contributed by atoms with Gasteiger partial charge in [-0.05, 0) is 0 Å². The summed E-state index contributed by atoms with van der Waals surface area (Å²) in [6, 6.07) is 0. The van der Waals surface area contributed by atoms with Crippen molar-refractivity contribution < 1.29 is 17.5 Å². The van der Waals surface area contributed by atoms with Crippen molar-refractivity contribution in [2.45, 2.75) is 0 Å². The molecule has 0 atom stereocenters. The molecule has 0 aromatic rings. The fourth-order valence-electron chi connectivity index (χ4n) is 0. The number of halogens is 1. The van der Waals surface area contributed by atoms with Crippen LogP contribution < -0.4 is 17.5 Å². The summed E-state index contributed by atoms with van der Waals surface area (Å²) in [4.78, 5) is 0. The molecule has 3 heteroatoms. The van der Waals surface area contributed by atoms with Crippen LogP contribution in [0.25, 0.3) is 0 Å². The average Bonchev–Trinajstić information content (AvgIpc) is 1.37. The van der Waals surface area contributed by atoms with Gasteiger partial charge in [-0.25, -0.2) is 0 Å². The van der Waals surface area contributed by atoms with Crippen LogP contribution in [0.5, 0.6) is 0 Å². The van der Waals surface area contributed by atoms with Gasteiger partial charge in [-0.3, -0.25) is 0 Å². The molecule has 0 aromatic carbocycles. The van der Waals surface area contributed by atoms with Gasteiger partial charge in [-0.15, -0.1) is 19.3 Å². The van der Waals surface area contributed by atoms with Crippen LogP contribution in [-0.4, -0.2) is 29.7 Å². The summed E-state index contributed by atoms with van der Waals surface area (Å²) in [6.07, 6.45) is 1.32. The number of hydrogen-bond acceptors (Lipinski definition) is 1. The Labute approximate surface area is 60.0 Å². The van der Waals surface area contributed by atoms with E-state index in [1.54, 1.807) is 0 Å². The van der Waals surface area contributed by atoms with Crippen LogP contribution in [-0.2, 0) is 0 Å². The van der Waals surface area contributed by atoms with Crippen molar-refractivity contribution in [3.05, 3.63) is 12.7 Å². The van der Waals surface area contributed by atoms with Crippen molar-refractivity contribution in [2.24, 2.45) is 0 Å². The van der Waals surface area contributed by atoms with E-state index in [0.717, 1.165) is 0 Å². The van der Waals surface area contributed by atoms with E-state index in [9.17, 15) is 5.11 Å². The van der Waals surface area contributed by atoms with Crippen molar-refractivity contribution >= 4 is 23.1 Å². The second-order valence-corrected chi connectivity index (χ2v) is 0.455. The topological polar surface area (TPSA) is 23.1 Å². The van der Waals surface area contributed by atoms with Crippen LogP contribution in [0.15, 0.2) is 12.7 Å². The molecule has 0 saturated carbocycles. The van der Waals surface area contributed by atoms with Gasteiger partial charge < -0.3 is 17.5 Å². The second-order valence-electron chi connectivity index (χ2n) is 0.455. The maximum atomic E-state index is 9.18. The third-order valence-electron chi connectivity index (χ3n) is 0.118. The first kappa shape index (κ1) is 15.9. The zero-order valence-corrected chi connectivity index (χ0v) is 5.66. The Balaban J connectivity index is -0.0000000450. The Kier molecular flexibility index (Phi) is 45.3. The minimum absolute atomic E-state index is 0. The van der Waals surface area contributed by atoms with Crippen molar-refractivity contribution in [1.29, 1.82) is 0 Å². The number of rotatable bonds is 1. The smallest absolute Gasteiger partial charge is 1.00 e. The van der Waals surface area contributed by atoms with Crippen LogP contribution in [0, 0.1) is 0 Å². The quantitative estimate of drug-likeness (QED) is 0.254. The molecule has 0 heterocycles. The van der Waals surface area contributed by atoms with Crippen LogP contribution >= 0.6 is 0 Å². The molecule has 0 bridgehead atoms. The first-order valence-electron chi connectivity index (χ1n) is 1.11. The van der Waals surface area contributed by atoms with Crippen LogP contribution in [0.2, 0.25) is 0 Å². The van der Waals surface area contributed by atoms with Gasteiger partial charge in [0.05, 0.1) is 0 Å². The van der Waals surface area contributed by atoms with E-state index in [4.69, 9.17) is 0 Å². The molecule has 0 amide bonds. The molecule has 0 fully saturated rings. The summed E-state index contributed by atoms with van der Waals surface area (Å²) < 4.78 is 0. The van der Waals surface area contributed by atoms with Gasteiger partial charge in [0, 0.05) is 0 Å². The molecular weight excluding hydrogens is 112 g/mol. The molecule has 0 radical (unpaired) electrons. The third kappa shape index (κ3) is 21.8. The van der Waals surface area contributed by atoms with E-state index in [1.165, 1.54) is 6.08 Å². The summed E-state index contributed by atoms with van der Waals surface area (Å²) in [7, 11) is 0. The summed E-state index contributed by atoms with van der Waals surface area (Å²) in [5, 5.41) is 9.18. The molecule has 6 heavy (non-hydrogen) atoms. The van der Waals surface area contributed by atoms with Gasteiger partial charge in [0.25, 0.3) is 0 Å². The fourth-order valence-corrected chi connectivity index (χ4v) is 0. The van der Waals surface area contributed by atoms with Crippen molar-refractivity contribution in [3.63, 3.8) is 0 Å². The predicted octanol–water partition coefficient (Wildman–Crippen LogP) is -3.84. The molecule has 0 aliphatic carbocycles. The van der Waals surface area contributed by atoms with E-state index >= 15 is 0 Å². The zero-order valence-electron chi connectivity index (χ0n) is 3.48. The Morgan fingerprint density at radius 1 is 1.67 bits per heavy atom. The molecular formula is C3H5ClMgO. The Hall–Kier alpha value is 0.756. The minimum Gasteiger partial charge on any atom is -1.00 e. The second kappa shape index (κ2) is 17.1. The normalized spacial score (nSPS) is 4.17. The van der Waals surface area contributed by atoms with Crippen molar-refractivity contribution in [1.82, 2.24) is 0 Å². The fraction of sp³-hybridized carbons (Fsp3) is 0.333. The van der Waals surface area contributed by atoms with Crippen molar-refractivity contribution in [3.8, 4) is 0 Å². The first-order chi connectivity index (χ1) is 1.91. The molecule has 32 valence electrons. The molecule has 0 rings (SSSR count). The molecule has 1 nitrogen and oxygen atoms in total. The minimum atomic E-state index is -0.167. The molecule has 0 spiro atoms. The first-order valence-corrected chi connectivity index (χ1v) is 1.11. The van der Waals surface area contributed by atoms with Crippen LogP contribution in [0.3, 0.4) is 0 Å². The average molecular weight is 117 g/mol. The SMILES string of the molecule is C=CC[O-].[Cl-].[Mg+2]. The molecule has 0 aliphatic rings.